The molecule has 0 unspecified atom stereocenters. The highest BCUT2D eigenvalue weighted by Gasteiger charge is 2.11. The third-order valence-corrected chi connectivity index (χ3v) is 8.51. The fraction of sp³-hybridized carbons (Fsp3) is 0.0270. The van der Waals surface area contributed by atoms with Crippen LogP contribution in [0, 0.1) is 21.9 Å². The zero-order valence-electron chi connectivity index (χ0n) is 23.2. The van der Waals surface area contributed by atoms with Gasteiger partial charge >= 0.3 is 0 Å². The van der Waals surface area contributed by atoms with Gasteiger partial charge < -0.3 is 0 Å². The molecule has 0 spiro atoms. The minimum absolute atomic E-state index is 0.307. The van der Waals surface area contributed by atoms with Crippen molar-refractivity contribution < 1.29 is 17.6 Å². The number of rotatable bonds is 6. The Kier molecular flexibility index (Phi) is 9.50. The van der Waals surface area contributed by atoms with E-state index in [0.717, 1.165) is 56.1 Å². The summed E-state index contributed by atoms with van der Waals surface area (Å²) in [6, 6.07) is 31.6. The number of thiophene rings is 2. The first kappa shape index (κ1) is 30.0. The summed E-state index contributed by atoms with van der Waals surface area (Å²) in [5, 5.41) is -0.619. The van der Waals surface area contributed by atoms with Crippen LogP contribution in [0.5, 0.6) is 0 Å². The fourth-order valence-electron chi connectivity index (χ4n) is 4.50. The lowest BCUT2D eigenvalue weighted by Gasteiger charge is -2.06. The molecule has 6 heteroatoms. The zero-order valence-corrected chi connectivity index (χ0v) is 24.8. The Morgan fingerprint density at radius 1 is 0.512 bits per heavy atom. The molecule has 214 valence electrons. The Balaban J connectivity index is 0.000000171. The maximum absolute atomic E-state index is 14.3. The van der Waals surface area contributed by atoms with Crippen molar-refractivity contribution in [2.24, 2.45) is 0 Å². The molecule has 0 saturated heterocycles. The molecule has 0 atom stereocenters. The molecule has 0 N–H and O–H groups in total. The number of halogens is 4. The van der Waals surface area contributed by atoms with Crippen molar-refractivity contribution in [3.63, 3.8) is 0 Å². The smallest absolute Gasteiger partial charge is 0.176 e. The second kappa shape index (κ2) is 13.6. The lowest BCUT2D eigenvalue weighted by atomic mass is 10.0. The van der Waals surface area contributed by atoms with E-state index in [1.165, 1.54) is 24.3 Å². The van der Waals surface area contributed by atoms with Gasteiger partial charge in [0.25, 0.3) is 0 Å². The highest BCUT2D eigenvalue weighted by molar-refractivity contribution is 7.14. The van der Waals surface area contributed by atoms with Crippen LogP contribution in [0.3, 0.4) is 0 Å². The zero-order chi connectivity index (χ0) is 30.3. The van der Waals surface area contributed by atoms with Crippen LogP contribution in [-0.2, 0) is 0 Å². The van der Waals surface area contributed by atoms with Gasteiger partial charge in [0, 0.05) is 20.9 Å². The normalized spacial score (nSPS) is 10.9. The SMILES string of the molecule is C/C=C/c1ccc(-c2ccc(-c3ccc(F)s3)c(F)c2)cc1.C=Cc1ccc(-c2ccc(-c3ccc(F)s3)c(F)c2)cc1. The Morgan fingerprint density at radius 3 is 1.28 bits per heavy atom. The molecule has 6 aromatic rings. The van der Waals surface area contributed by atoms with Crippen LogP contribution in [0.2, 0.25) is 0 Å². The Bertz CT molecular complexity index is 1880. The highest BCUT2D eigenvalue weighted by atomic mass is 32.1. The predicted octanol–water partition coefficient (Wildman–Crippen LogP) is 12.4. The monoisotopic (exact) mass is 610 g/mol. The average Bonchev–Trinajstić information content (AvgIpc) is 3.66. The largest absolute Gasteiger partial charge is 0.206 e. The summed E-state index contributed by atoms with van der Waals surface area (Å²) < 4.78 is 54.7. The summed E-state index contributed by atoms with van der Waals surface area (Å²) in [7, 11) is 0. The second-order valence-electron chi connectivity index (χ2n) is 9.54. The third-order valence-electron chi connectivity index (χ3n) is 6.70. The fourth-order valence-corrected chi connectivity index (χ4v) is 6.01. The van der Waals surface area contributed by atoms with Crippen molar-refractivity contribution >= 4 is 34.8 Å². The first-order chi connectivity index (χ1) is 20.8. The molecule has 0 saturated carbocycles. The van der Waals surface area contributed by atoms with Crippen LogP contribution >= 0.6 is 22.7 Å². The van der Waals surface area contributed by atoms with E-state index in [9.17, 15) is 17.6 Å². The van der Waals surface area contributed by atoms with Gasteiger partial charge in [-0.2, -0.15) is 8.78 Å². The van der Waals surface area contributed by atoms with Crippen LogP contribution in [-0.4, -0.2) is 0 Å². The average molecular weight is 611 g/mol. The van der Waals surface area contributed by atoms with Gasteiger partial charge in [0.2, 0.25) is 0 Å². The maximum atomic E-state index is 14.3. The summed E-state index contributed by atoms with van der Waals surface area (Å²) in [4.78, 5) is 1.20. The molecule has 2 heterocycles. The van der Waals surface area contributed by atoms with Crippen molar-refractivity contribution in [2.75, 3.05) is 0 Å². The molecule has 0 fully saturated rings. The standard InChI is InChI=1S/C19H14F2S.C18H12F2S/c1-2-3-13-4-6-14(7-5-13)15-8-9-16(17(20)12-15)18-10-11-19(21)22-18;1-2-12-3-5-13(6-4-12)14-7-8-15(16(19)11-14)17-9-10-18(20)21-17/h2-12H,1H3;2-11H,1H2/b3-2+;. The summed E-state index contributed by atoms with van der Waals surface area (Å²) in [5.41, 5.74) is 6.48. The van der Waals surface area contributed by atoms with Gasteiger partial charge in [0.05, 0.1) is 0 Å². The second-order valence-corrected chi connectivity index (χ2v) is 11.6. The minimum Gasteiger partial charge on any atom is -0.206 e. The molecule has 0 aliphatic heterocycles. The molecule has 4 aromatic carbocycles. The van der Waals surface area contributed by atoms with Crippen molar-refractivity contribution in [1.82, 2.24) is 0 Å². The van der Waals surface area contributed by atoms with Crippen molar-refractivity contribution in [2.45, 2.75) is 6.92 Å². The van der Waals surface area contributed by atoms with E-state index < -0.39 is 0 Å². The quantitative estimate of drug-likeness (QED) is 0.165. The summed E-state index contributed by atoms with van der Waals surface area (Å²) in [6.07, 6.45) is 5.75. The van der Waals surface area contributed by atoms with E-state index in [-0.39, 0.29) is 21.9 Å². The minimum atomic E-state index is -0.345. The third kappa shape index (κ3) is 7.28. The van der Waals surface area contributed by atoms with Gasteiger partial charge in [0.15, 0.2) is 10.3 Å². The molecular formula is C37H26F4S2. The van der Waals surface area contributed by atoms with Gasteiger partial charge in [-0.05, 0) is 88.8 Å². The Labute approximate surface area is 256 Å². The molecule has 0 nitrogen and oxygen atoms in total. The molecule has 0 radical (unpaired) electrons. The summed E-state index contributed by atoms with van der Waals surface area (Å²) in [5.74, 6) is -0.681. The van der Waals surface area contributed by atoms with Crippen LogP contribution < -0.4 is 0 Å². The van der Waals surface area contributed by atoms with Crippen LogP contribution in [0.25, 0.3) is 55.3 Å². The molecule has 0 aliphatic carbocycles. The Hall–Kier alpha value is -4.52. The van der Waals surface area contributed by atoms with E-state index in [2.05, 4.69) is 6.58 Å². The molecule has 2 aromatic heterocycles. The predicted molar refractivity (Wildman–Crippen MR) is 175 cm³/mol. The van der Waals surface area contributed by atoms with Crippen molar-refractivity contribution in [1.29, 1.82) is 0 Å². The molecule has 0 bridgehead atoms. The number of hydrogen-bond acceptors (Lipinski definition) is 2. The first-order valence-electron chi connectivity index (χ1n) is 13.4. The van der Waals surface area contributed by atoms with Gasteiger partial charge in [0.1, 0.15) is 11.6 Å². The van der Waals surface area contributed by atoms with Crippen molar-refractivity contribution in [3.8, 4) is 43.1 Å². The molecule has 6 rings (SSSR count). The topological polar surface area (TPSA) is 0 Å². The first-order valence-corrected chi connectivity index (χ1v) is 15.0. The summed E-state index contributed by atoms with van der Waals surface area (Å²) in [6.45, 7) is 5.67. The Morgan fingerprint density at radius 2 is 0.930 bits per heavy atom. The van der Waals surface area contributed by atoms with E-state index in [1.807, 2.05) is 79.7 Å². The molecule has 43 heavy (non-hydrogen) atoms. The van der Waals surface area contributed by atoms with E-state index in [0.29, 0.717) is 20.9 Å². The van der Waals surface area contributed by atoms with Gasteiger partial charge in [-0.15, -0.1) is 22.7 Å². The van der Waals surface area contributed by atoms with Gasteiger partial charge in [-0.3, -0.25) is 0 Å². The lowest BCUT2D eigenvalue weighted by molar-refractivity contribution is 0.632. The molecular weight excluding hydrogens is 585 g/mol. The van der Waals surface area contributed by atoms with E-state index >= 15 is 0 Å². The maximum Gasteiger partial charge on any atom is 0.176 e. The van der Waals surface area contributed by atoms with Crippen LogP contribution in [0.1, 0.15) is 18.1 Å². The van der Waals surface area contributed by atoms with Crippen molar-refractivity contribution in [3.05, 3.63) is 155 Å². The van der Waals surface area contributed by atoms with Gasteiger partial charge in [-0.1, -0.05) is 85.5 Å². The van der Waals surface area contributed by atoms with Crippen LogP contribution in [0.4, 0.5) is 17.6 Å². The van der Waals surface area contributed by atoms with E-state index in [4.69, 9.17) is 0 Å². The number of allylic oxidation sites excluding steroid dienone is 1. The van der Waals surface area contributed by atoms with E-state index in [1.54, 1.807) is 30.3 Å². The highest BCUT2D eigenvalue weighted by Crippen LogP contribution is 2.33. The summed E-state index contributed by atoms with van der Waals surface area (Å²) >= 11 is 1.89. The number of hydrogen-bond donors (Lipinski definition) is 0. The number of benzene rings is 4. The van der Waals surface area contributed by atoms with Crippen LogP contribution in [0.15, 0.2) is 122 Å². The van der Waals surface area contributed by atoms with Gasteiger partial charge in [-0.25, -0.2) is 8.78 Å². The molecule has 0 aliphatic rings. The lowest BCUT2D eigenvalue weighted by Crippen LogP contribution is -1.85. The molecule has 0 amide bonds.